The number of fused-ring (bicyclic) bond motifs is 3. The van der Waals surface area contributed by atoms with Gasteiger partial charge < -0.3 is 9.30 Å². The molecule has 0 saturated heterocycles. The van der Waals surface area contributed by atoms with Crippen LogP contribution in [0.5, 0.6) is 11.6 Å². The number of pyridine rings is 2. The molecule has 6 aromatic rings. The van der Waals surface area contributed by atoms with Crippen LogP contribution in [-0.2, 0) is 21.1 Å². The number of nitrogens with zero attached hydrogens (tertiary/aromatic N) is 3. The van der Waals surface area contributed by atoms with E-state index in [4.69, 9.17) is 4.74 Å². The molecule has 0 aliphatic rings. The fourth-order valence-corrected chi connectivity index (χ4v) is 4.16. The van der Waals surface area contributed by atoms with Gasteiger partial charge in [-0.1, -0.05) is 29.1 Å². The van der Waals surface area contributed by atoms with Gasteiger partial charge in [0.2, 0.25) is 5.88 Å². The Morgan fingerprint density at radius 1 is 0.800 bits per heavy atom. The summed E-state index contributed by atoms with van der Waals surface area (Å²) in [4.78, 5) is 8.65. The summed E-state index contributed by atoms with van der Waals surface area (Å²) >= 11 is 0. The number of hydrogen-bond acceptors (Lipinski definition) is 3. The fourth-order valence-electron chi connectivity index (χ4n) is 4.16. The van der Waals surface area contributed by atoms with Crippen molar-refractivity contribution in [2.24, 2.45) is 0 Å². The van der Waals surface area contributed by atoms with E-state index >= 15 is 0 Å². The Bertz CT molecular complexity index is 1660. The van der Waals surface area contributed by atoms with Gasteiger partial charge >= 0.3 is 21.1 Å². The van der Waals surface area contributed by atoms with Gasteiger partial charge in [0.05, 0.1) is 0 Å². The van der Waals surface area contributed by atoms with Crippen LogP contribution in [0.2, 0.25) is 0 Å². The molecule has 0 spiro atoms. The Balaban J connectivity index is 0.00000253. The Labute approximate surface area is 216 Å². The Hall–Kier alpha value is -3.82. The number of aromatic nitrogens is 3. The first-order chi connectivity index (χ1) is 16.7. The molecule has 35 heavy (non-hydrogen) atoms. The minimum Gasteiger partial charge on any atom is -0.460 e. The van der Waals surface area contributed by atoms with Crippen LogP contribution in [0, 0.1) is 24.9 Å². The van der Waals surface area contributed by atoms with E-state index in [0.29, 0.717) is 5.75 Å². The van der Waals surface area contributed by atoms with Crippen molar-refractivity contribution in [3.05, 3.63) is 115 Å². The molecule has 0 aliphatic heterocycles. The van der Waals surface area contributed by atoms with Crippen LogP contribution in [0.15, 0.2) is 91.3 Å². The minimum atomic E-state index is -0.405. The second-order valence-electron chi connectivity index (χ2n) is 8.02. The quantitative estimate of drug-likeness (QED) is 0.194. The summed E-state index contributed by atoms with van der Waals surface area (Å²) in [7, 11) is 0. The molecular formula is C29H18FN3OPt. The van der Waals surface area contributed by atoms with Crippen LogP contribution in [0.3, 0.4) is 0 Å². The standard InChI is InChI=1S/C29H18FN3O.Pt/c1-19-8-11-26-25(15-19)24-10-9-21(17-27(24)33(26)28-7-2-3-13-31-28)20-5-4-6-23(16-20)34-29-18-22(30)12-14-32-29;/h2-15,18H,1H3;/q-2;+2. The maximum Gasteiger partial charge on any atom is 2.00 e. The van der Waals surface area contributed by atoms with E-state index in [1.807, 2.05) is 36.4 Å². The van der Waals surface area contributed by atoms with Gasteiger partial charge in [0.15, 0.2) is 0 Å². The molecular weight excluding hydrogens is 620 g/mol. The second-order valence-corrected chi connectivity index (χ2v) is 8.02. The third-order valence-electron chi connectivity index (χ3n) is 5.68. The van der Waals surface area contributed by atoms with Crippen molar-refractivity contribution in [3.63, 3.8) is 0 Å². The van der Waals surface area contributed by atoms with Crippen molar-refractivity contribution >= 4 is 21.8 Å². The van der Waals surface area contributed by atoms with Gasteiger partial charge in [-0.2, -0.15) is 24.3 Å². The van der Waals surface area contributed by atoms with Gasteiger partial charge in [-0.15, -0.1) is 18.2 Å². The molecule has 0 bridgehead atoms. The van der Waals surface area contributed by atoms with Gasteiger partial charge in [-0.25, -0.2) is 25.5 Å². The van der Waals surface area contributed by atoms with E-state index in [2.05, 4.69) is 57.9 Å². The largest absolute Gasteiger partial charge is 2.00 e. The molecule has 0 aliphatic carbocycles. The molecule has 4 nitrogen and oxygen atoms in total. The molecule has 3 aromatic heterocycles. The summed E-state index contributed by atoms with van der Waals surface area (Å²) in [5, 5.41) is 2.26. The van der Waals surface area contributed by atoms with Crippen LogP contribution >= 0.6 is 0 Å². The van der Waals surface area contributed by atoms with E-state index in [0.717, 1.165) is 38.8 Å². The van der Waals surface area contributed by atoms with Crippen molar-refractivity contribution < 1.29 is 30.2 Å². The van der Waals surface area contributed by atoms with Crippen molar-refractivity contribution in [3.8, 4) is 28.6 Å². The predicted molar refractivity (Wildman–Crippen MR) is 131 cm³/mol. The van der Waals surface area contributed by atoms with E-state index in [9.17, 15) is 4.39 Å². The van der Waals surface area contributed by atoms with Gasteiger partial charge in [-0.3, -0.25) is 0 Å². The van der Waals surface area contributed by atoms with E-state index in [-0.39, 0.29) is 26.9 Å². The van der Waals surface area contributed by atoms with Crippen LogP contribution in [-0.4, -0.2) is 14.5 Å². The molecule has 172 valence electrons. The normalized spacial score (nSPS) is 10.9. The maximum absolute atomic E-state index is 13.5. The predicted octanol–water partition coefficient (Wildman–Crippen LogP) is 7.08. The smallest absolute Gasteiger partial charge is 0.460 e. The van der Waals surface area contributed by atoms with Gasteiger partial charge in [0.25, 0.3) is 0 Å². The van der Waals surface area contributed by atoms with Crippen LogP contribution in [0.25, 0.3) is 38.8 Å². The SMILES string of the molecule is Cc1ccc2c(c1)c1ccc(-c3[c-]c(Oc4cc(F)ccn4)ccc3)[c-]c1n2-c1ccccn1.[Pt+2]. The number of hydrogen-bond donors (Lipinski definition) is 0. The zero-order valence-corrected chi connectivity index (χ0v) is 20.9. The maximum atomic E-state index is 13.5. The zero-order chi connectivity index (χ0) is 23.1. The summed E-state index contributed by atoms with van der Waals surface area (Å²) in [6.45, 7) is 2.09. The molecule has 6 rings (SSSR count). The molecule has 0 fully saturated rings. The molecule has 3 heterocycles. The number of aryl methyl sites for hydroxylation is 1. The first-order valence-electron chi connectivity index (χ1n) is 10.9. The van der Waals surface area contributed by atoms with Crippen molar-refractivity contribution in [1.82, 2.24) is 14.5 Å². The number of benzene rings is 3. The Morgan fingerprint density at radius 3 is 2.51 bits per heavy atom. The minimum absolute atomic E-state index is 0. The molecule has 6 heteroatoms. The molecule has 0 saturated carbocycles. The molecule has 0 unspecified atom stereocenters. The topological polar surface area (TPSA) is 39.9 Å². The molecule has 0 N–H and O–H groups in total. The van der Waals surface area contributed by atoms with Gasteiger partial charge in [0, 0.05) is 29.7 Å². The molecule has 0 atom stereocenters. The third kappa shape index (κ3) is 4.35. The average molecular weight is 639 g/mol. The first kappa shape index (κ1) is 22.9. The Morgan fingerprint density at radius 2 is 1.69 bits per heavy atom. The first-order valence-corrected chi connectivity index (χ1v) is 10.9. The summed E-state index contributed by atoms with van der Waals surface area (Å²) in [6.07, 6.45) is 3.16. The molecule has 0 amide bonds. The van der Waals surface area contributed by atoms with Crippen molar-refractivity contribution in [2.45, 2.75) is 6.92 Å². The summed E-state index contributed by atoms with van der Waals surface area (Å²) < 4.78 is 21.4. The fraction of sp³-hybridized carbons (Fsp3) is 0.0345. The number of halogens is 1. The molecule has 3 aromatic carbocycles. The Kier molecular flexibility index (Phi) is 6.19. The van der Waals surface area contributed by atoms with E-state index < -0.39 is 5.82 Å². The van der Waals surface area contributed by atoms with Crippen molar-refractivity contribution in [1.29, 1.82) is 0 Å². The van der Waals surface area contributed by atoms with E-state index in [1.165, 1.54) is 23.9 Å². The monoisotopic (exact) mass is 638 g/mol. The molecule has 0 radical (unpaired) electrons. The van der Waals surface area contributed by atoms with Gasteiger partial charge in [0.1, 0.15) is 11.6 Å². The average Bonchev–Trinajstić information content (AvgIpc) is 3.17. The van der Waals surface area contributed by atoms with E-state index in [1.54, 1.807) is 12.3 Å². The number of ether oxygens (including phenoxy) is 1. The zero-order valence-electron chi connectivity index (χ0n) is 18.6. The second kappa shape index (κ2) is 9.44. The van der Waals surface area contributed by atoms with Crippen LogP contribution < -0.4 is 4.74 Å². The number of rotatable bonds is 4. The summed E-state index contributed by atoms with van der Waals surface area (Å²) in [6, 6.07) is 31.4. The van der Waals surface area contributed by atoms with Crippen molar-refractivity contribution in [2.75, 3.05) is 0 Å². The van der Waals surface area contributed by atoms with Crippen LogP contribution in [0.1, 0.15) is 5.56 Å². The van der Waals surface area contributed by atoms with Crippen LogP contribution in [0.4, 0.5) is 4.39 Å². The summed E-state index contributed by atoms with van der Waals surface area (Å²) in [5.41, 5.74) is 4.88. The van der Waals surface area contributed by atoms with Gasteiger partial charge in [-0.05, 0) is 42.1 Å². The summed E-state index contributed by atoms with van der Waals surface area (Å²) in [5.74, 6) is 1.05. The third-order valence-corrected chi connectivity index (χ3v) is 5.68.